The third kappa shape index (κ3) is 4.77. The van der Waals surface area contributed by atoms with Gasteiger partial charge in [-0.05, 0) is 44.4 Å². The van der Waals surface area contributed by atoms with E-state index in [0.29, 0.717) is 28.5 Å². The second-order valence-corrected chi connectivity index (χ2v) is 7.40. The maximum Gasteiger partial charge on any atom is 0.250 e. The number of halogens is 1. The Kier molecular flexibility index (Phi) is 5.65. The Balaban J connectivity index is 1.79. The fourth-order valence-electron chi connectivity index (χ4n) is 2.66. The standard InChI is InChI=1S/C20H24ClN5O/c1-4-10-26-13-14(6-7-19(26)27)24-25-17(5-2)15-12-22-18(11-16(15)21)23-20(3)8-9-20/h5-7,11-13,24H,2,4,8-10H2,1,3H3,(H,22,23)/b25-17+. The number of rotatable bonds is 8. The van der Waals surface area contributed by atoms with Gasteiger partial charge in [-0.2, -0.15) is 5.10 Å². The van der Waals surface area contributed by atoms with Crippen LogP contribution in [0.15, 0.2) is 53.1 Å². The van der Waals surface area contributed by atoms with Crippen LogP contribution in [0.2, 0.25) is 5.02 Å². The van der Waals surface area contributed by atoms with Gasteiger partial charge in [-0.25, -0.2) is 4.98 Å². The van der Waals surface area contributed by atoms with E-state index in [2.05, 4.69) is 34.3 Å². The lowest BCUT2D eigenvalue weighted by atomic mass is 10.1. The van der Waals surface area contributed by atoms with Crippen molar-refractivity contribution in [3.63, 3.8) is 0 Å². The van der Waals surface area contributed by atoms with Crippen molar-refractivity contribution in [2.75, 3.05) is 10.7 Å². The van der Waals surface area contributed by atoms with Crippen LogP contribution in [0.25, 0.3) is 0 Å². The van der Waals surface area contributed by atoms with E-state index in [1.165, 1.54) is 6.07 Å². The highest BCUT2D eigenvalue weighted by Gasteiger charge is 2.37. The highest BCUT2D eigenvalue weighted by molar-refractivity contribution is 6.35. The first-order chi connectivity index (χ1) is 12.9. The molecule has 0 aromatic carbocycles. The Labute approximate surface area is 164 Å². The number of nitrogens with one attached hydrogen (secondary N) is 2. The van der Waals surface area contributed by atoms with Gasteiger partial charge in [0.2, 0.25) is 0 Å². The number of pyridine rings is 2. The van der Waals surface area contributed by atoms with Gasteiger partial charge in [0.25, 0.3) is 5.56 Å². The summed E-state index contributed by atoms with van der Waals surface area (Å²) in [6, 6.07) is 5.03. The molecule has 0 radical (unpaired) electrons. The molecule has 3 rings (SSSR count). The molecule has 1 aliphatic rings. The molecule has 2 N–H and O–H groups in total. The van der Waals surface area contributed by atoms with Crippen LogP contribution >= 0.6 is 11.6 Å². The average Bonchev–Trinajstić information content (AvgIpc) is 3.36. The van der Waals surface area contributed by atoms with E-state index in [1.54, 1.807) is 35.2 Å². The zero-order chi connectivity index (χ0) is 19.4. The molecular formula is C20H24ClN5O. The Hall–Kier alpha value is -2.60. The van der Waals surface area contributed by atoms with Crippen LogP contribution in [0.4, 0.5) is 11.5 Å². The molecule has 27 heavy (non-hydrogen) atoms. The van der Waals surface area contributed by atoms with Crippen molar-refractivity contribution < 1.29 is 0 Å². The molecule has 0 unspecified atom stereocenters. The van der Waals surface area contributed by atoms with Gasteiger partial charge < -0.3 is 9.88 Å². The fraction of sp³-hybridized carbons (Fsp3) is 0.350. The van der Waals surface area contributed by atoms with Crippen LogP contribution in [-0.2, 0) is 6.54 Å². The first-order valence-electron chi connectivity index (χ1n) is 9.05. The number of aryl methyl sites for hydroxylation is 1. The SMILES string of the molecule is C=C/C(=N\Nc1ccc(=O)n(CCC)c1)c1cnc(NC2(C)CC2)cc1Cl. The summed E-state index contributed by atoms with van der Waals surface area (Å²) >= 11 is 6.44. The van der Waals surface area contributed by atoms with E-state index in [-0.39, 0.29) is 11.1 Å². The van der Waals surface area contributed by atoms with Gasteiger partial charge in [-0.1, -0.05) is 25.1 Å². The highest BCUT2D eigenvalue weighted by Crippen LogP contribution is 2.38. The molecule has 6 nitrogen and oxygen atoms in total. The number of nitrogens with zero attached hydrogens (tertiary/aromatic N) is 3. The maximum atomic E-state index is 11.8. The predicted molar refractivity (Wildman–Crippen MR) is 112 cm³/mol. The molecule has 0 spiro atoms. The van der Waals surface area contributed by atoms with Gasteiger partial charge in [0.15, 0.2) is 0 Å². The molecule has 2 heterocycles. The van der Waals surface area contributed by atoms with Crippen molar-refractivity contribution in [3.05, 3.63) is 64.2 Å². The lowest BCUT2D eigenvalue weighted by Crippen LogP contribution is -2.18. The Morgan fingerprint density at radius 3 is 2.89 bits per heavy atom. The van der Waals surface area contributed by atoms with Gasteiger partial charge in [-0.3, -0.25) is 10.2 Å². The third-order valence-electron chi connectivity index (χ3n) is 4.51. The van der Waals surface area contributed by atoms with Gasteiger partial charge >= 0.3 is 0 Å². The number of aromatic nitrogens is 2. The van der Waals surface area contributed by atoms with Crippen molar-refractivity contribution in [2.45, 2.75) is 45.2 Å². The zero-order valence-electron chi connectivity index (χ0n) is 15.6. The molecule has 7 heteroatoms. The second kappa shape index (κ2) is 7.96. The molecular weight excluding hydrogens is 362 g/mol. The monoisotopic (exact) mass is 385 g/mol. The summed E-state index contributed by atoms with van der Waals surface area (Å²) in [6.07, 6.45) is 8.21. The van der Waals surface area contributed by atoms with Crippen molar-refractivity contribution in [2.24, 2.45) is 5.10 Å². The number of allylic oxidation sites excluding steroid dienone is 1. The largest absolute Gasteiger partial charge is 0.365 e. The van der Waals surface area contributed by atoms with E-state index >= 15 is 0 Å². The van der Waals surface area contributed by atoms with Crippen molar-refractivity contribution in [3.8, 4) is 0 Å². The van der Waals surface area contributed by atoms with Crippen LogP contribution in [0.3, 0.4) is 0 Å². The van der Waals surface area contributed by atoms with Crippen LogP contribution in [0.1, 0.15) is 38.7 Å². The summed E-state index contributed by atoms with van der Waals surface area (Å²) in [7, 11) is 0. The Morgan fingerprint density at radius 2 is 2.26 bits per heavy atom. The van der Waals surface area contributed by atoms with Gasteiger partial charge in [0.1, 0.15) is 5.82 Å². The summed E-state index contributed by atoms with van der Waals surface area (Å²) in [5.41, 5.74) is 5.04. The molecule has 0 atom stereocenters. The number of hydrogen-bond acceptors (Lipinski definition) is 5. The minimum atomic E-state index is -0.0324. The quantitative estimate of drug-likeness (QED) is 0.525. The second-order valence-electron chi connectivity index (χ2n) is 7.00. The van der Waals surface area contributed by atoms with Crippen molar-refractivity contribution >= 4 is 28.8 Å². The molecule has 142 valence electrons. The van der Waals surface area contributed by atoms with Gasteiger partial charge in [0, 0.05) is 36.1 Å². The molecule has 1 aliphatic carbocycles. The molecule has 2 aromatic rings. The molecule has 0 amide bonds. The van der Waals surface area contributed by atoms with Crippen molar-refractivity contribution in [1.82, 2.24) is 9.55 Å². The fourth-order valence-corrected chi connectivity index (χ4v) is 2.91. The van der Waals surface area contributed by atoms with E-state index in [0.717, 1.165) is 25.1 Å². The average molecular weight is 386 g/mol. The Bertz CT molecular complexity index is 930. The lowest BCUT2D eigenvalue weighted by molar-refractivity contribution is 0.655. The molecule has 2 aromatic heterocycles. The van der Waals surface area contributed by atoms with Crippen molar-refractivity contribution in [1.29, 1.82) is 0 Å². The van der Waals surface area contributed by atoms with Crippen LogP contribution in [-0.4, -0.2) is 20.8 Å². The van der Waals surface area contributed by atoms with E-state index in [4.69, 9.17) is 11.6 Å². The minimum Gasteiger partial charge on any atom is -0.365 e. The van der Waals surface area contributed by atoms with Crippen LogP contribution in [0, 0.1) is 0 Å². The first kappa shape index (κ1) is 19.2. The Morgan fingerprint density at radius 1 is 1.48 bits per heavy atom. The molecule has 1 fully saturated rings. The van der Waals surface area contributed by atoms with Gasteiger partial charge in [0.05, 0.1) is 16.4 Å². The number of hydrazone groups is 1. The smallest absolute Gasteiger partial charge is 0.250 e. The van der Waals surface area contributed by atoms with Crippen LogP contribution < -0.4 is 16.3 Å². The van der Waals surface area contributed by atoms with Gasteiger partial charge in [-0.15, -0.1) is 0 Å². The van der Waals surface area contributed by atoms with E-state index in [9.17, 15) is 4.79 Å². The highest BCUT2D eigenvalue weighted by atomic mass is 35.5. The minimum absolute atomic E-state index is 0.0324. The number of hydrogen-bond donors (Lipinski definition) is 2. The van der Waals surface area contributed by atoms with E-state index in [1.807, 2.05) is 6.92 Å². The first-order valence-corrected chi connectivity index (χ1v) is 9.42. The summed E-state index contributed by atoms with van der Waals surface area (Å²) in [4.78, 5) is 16.3. The normalized spacial score (nSPS) is 15.3. The summed E-state index contributed by atoms with van der Waals surface area (Å²) < 4.78 is 1.65. The summed E-state index contributed by atoms with van der Waals surface area (Å²) in [5, 5.41) is 8.32. The topological polar surface area (TPSA) is 71.3 Å². The van der Waals surface area contributed by atoms with E-state index < -0.39 is 0 Å². The zero-order valence-corrected chi connectivity index (χ0v) is 16.4. The molecule has 1 saturated carbocycles. The van der Waals surface area contributed by atoms with Crippen LogP contribution in [0.5, 0.6) is 0 Å². The lowest BCUT2D eigenvalue weighted by Gasteiger charge is -2.13. The third-order valence-corrected chi connectivity index (χ3v) is 4.82. The summed E-state index contributed by atoms with van der Waals surface area (Å²) in [5.74, 6) is 0.756. The predicted octanol–water partition coefficient (Wildman–Crippen LogP) is 4.27. The molecule has 0 saturated heterocycles. The maximum absolute atomic E-state index is 11.8. The number of anilines is 2. The summed E-state index contributed by atoms with van der Waals surface area (Å²) in [6.45, 7) is 8.67. The molecule has 0 aliphatic heterocycles. The molecule has 0 bridgehead atoms.